The number of aromatic nitrogens is 1. The number of benzene rings is 1. The standard InChI is InChI=1S/C12H12N2/c1-8-3-4-11-7-10(9(2)13)5-6-12(11)14-8/h3-7,13H,1-2H3. The average molecular weight is 184 g/mol. The quantitative estimate of drug-likeness (QED) is 0.680. The minimum atomic E-state index is 0.590. The highest BCUT2D eigenvalue weighted by molar-refractivity contribution is 5.99. The highest BCUT2D eigenvalue weighted by Gasteiger charge is 1.99. The van der Waals surface area contributed by atoms with Crippen LogP contribution in [0.3, 0.4) is 0 Å². The van der Waals surface area contributed by atoms with E-state index in [4.69, 9.17) is 5.41 Å². The Morgan fingerprint density at radius 1 is 1.21 bits per heavy atom. The van der Waals surface area contributed by atoms with Crippen LogP contribution < -0.4 is 0 Å². The van der Waals surface area contributed by atoms with Gasteiger partial charge in [-0.15, -0.1) is 0 Å². The maximum Gasteiger partial charge on any atom is 0.0705 e. The summed E-state index contributed by atoms with van der Waals surface area (Å²) < 4.78 is 0. The molecule has 1 aromatic heterocycles. The van der Waals surface area contributed by atoms with Crippen LogP contribution in [0.1, 0.15) is 18.2 Å². The molecule has 0 unspecified atom stereocenters. The first-order valence-corrected chi connectivity index (χ1v) is 4.60. The number of pyridine rings is 1. The van der Waals surface area contributed by atoms with Crippen LogP contribution in [0.15, 0.2) is 30.3 Å². The monoisotopic (exact) mass is 184 g/mol. The van der Waals surface area contributed by atoms with Crippen molar-refractivity contribution in [2.45, 2.75) is 13.8 Å². The van der Waals surface area contributed by atoms with E-state index in [-0.39, 0.29) is 0 Å². The maximum absolute atomic E-state index is 7.53. The molecule has 0 aliphatic carbocycles. The molecule has 2 rings (SSSR count). The Bertz CT molecular complexity index is 501. The number of aryl methyl sites for hydroxylation is 1. The zero-order valence-electron chi connectivity index (χ0n) is 8.33. The van der Waals surface area contributed by atoms with Crippen molar-refractivity contribution in [1.82, 2.24) is 4.98 Å². The molecule has 1 N–H and O–H groups in total. The Labute approximate surface area is 83.1 Å². The van der Waals surface area contributed by atoms with Crippen molar-refractivity contribution < 1.29 is 0 Å². The van der Waals surface area contributed by atoms with Crippen LogP contribution in [-0.4, -0.2) is 10.7 Å². The van der Waals surface area contributed by atoms with E-state index in [0.717, 1.165) is 22.2 Å². The third-order valence-corrected chi connectivity index (χ3v) is 2.26. The zero-order chi connectivity index (χ0) is 10.1. The van der Waals surface area contributed by atoms with Crippen LogP contribution in [0, 0.1) is 12.3 Å². The summed E-state index contributed by atoms with van der Waals surface area (Å²) in [6.45, 7) is 3.78. The number of nitrogens with one attached hydrogen (secondary N) is 1. The normalized spacial score (nSPS) is 10.4. The van der Waals surface area contributed by atoms with E-state index in [0.29, 0.717) is 5.71 Å². The van der Waals surface area contributed by atoms with E-state index in [1.165, 1.54) is 0 Å². The maximum atomic E-state index is 7.53. The molecule has 0 radical (unpaired) electrons. The Kier molecular flexibility index (Phi) is 2.04. The summed E-state index contributed by atoms with van der Waals surface area (Å²) in [5.41, 5.74) is 3.57. The fourth-order valence-corrected chi connectivity index (χ4v) is 1.46. The number of hydrogen-bond acceptors (Lipinski definition) is 2. The summed E-state index contributed by atoms with van der Waals surface area (Å²) in [6, 6.07) is 9.95. The minimum absolute atomic E-state index is 0.590. The first-order chi connectivity index (χ1) is 6.66. The molecule has 1 aromatic carbocycles. The van der Waals surface area contributed by atoms with Gasteiger partial charge in [-0.2, -0.15) is 0 Å². The summed E-state index contributed by atoms with van der Waals surface area (Å²) in [5, 5.41) is 8.63. The molecule has 0 atom stereocenters. The van der Waals surface area contributed by atoms with Gasteiger partial charge in [-0.25, -0.2) is 0 Å². The molecule has 70 valence electrons. The van der Waals surface area contributed by atoms with Crippen LogP contribution in [0.25, 0.3) is 10.9 Å². The lowest BCUT2D eigenvalue weighted by atomic mass is 10.1. The number of nitrogens with zero attached hydrogens (tertiary/aromatic N) is 1. The van der Waals surface area contributed by atoms with Crippen LogP contribution in [-0.2, 0) is 0 Å². The van der Waals surface area contributed by atoms with Crippen molar-refractivity contribution in [3.63, 3.8) is 0 Å². The highest BCUT2D eigenvalue weighted by atomic mass is 14.7. The van der Waals surface area contributed by atoms with E-state index in [2.05, 4.69) is 4.98 Å². The predicted octanol–water partition coefficient (Wildman–Crippen LogP) is 2.93. The van der Waals surface area contributed by atoms with Gasteiger partial charge < -0.3 is 5.41 Å². The molecule has 0 saturated carbocycles. The van der Waals surface area contributed by atoms with Crippen LogP contribution in [0.5, 0.6) is 0 Å². The molecule has 2 nitrogen and oxygen atoms in total. The van der Waals surface area contributed by atoms with Gasteiger partial charge in [0.1, 0.15) is 0 Å². The van der Waals surface area contributed by atoms with Gasteiger partial charge in [-0.1, -0.05) is 12.1 Å². The topological polar surface area (TPSA) is 36.7 Å². The molecule has 0 spiro atoms. The second-order valence-electron chi connectivity index (χ2n) is 3.49. The van der Waals surface area contributed by atoms with Crippen molar-refractivity contribution in [3.05, 3.63) is 41.6 Å². The fourth-order valence-electron chi connectivity index (χ4n) is 1.46. The molecule has 0 aliphatic rings. The second kappa shape index (κ2) is 3.22. The molecular formula is C12H12N2. The van der Waals surface area contributed by atoms with Gasteiger partial charge in [0.2, 0.25) is 0 Å². The minimum Gasteiger partial charge on any atom is -0.305 e. The SMILES string of the molecule is CC(=N)c1ccc2nc(C)ccc2c1. The van der Waals surface area contributed by atoms with E-state index in [9.17, 15) is 0 Å². The third-order valence-electron chi connectivity index (χ3n) is 2.26. The molecule has 2 heteroatoms. The largest absolute Gasteiger partial charge is 0.305 e. The van der Waals surface area contributed by atoms with E-state index < -0.39 is 0 Å². The summed E-state index contributed by atoms with van der Waals surface area (Å²) in [7, 11) is 0. The lowest BCUT2D eigenvalue weighted by molar-refractivity contribution is 1.25. The first-order valence-electron chi connectivity index (χ1n) is 4.60. The van der Waals surface area contributed by atoms with Gasteiger partial charge in [0.25, 0.3) is 0 Å². The van der Waals surface area contributed by atoms with Crippen molar-refractivity contribution in [2.24, 2.45) is 0 Å². The van der Waals surface area contributed by atoms with E-state index >= 15 is 0 Å². The Morgan fingerprint density at radius 2 is 2.00 bits per heavy atom. The highest BCUT2D eigenvalue weighted by Crippen LogP contribution is 2.14. The lowest BCUT2D eigenvalue weighted by Gasteiger charge is -2.01. The predicted molar refractivity (Wildman–Crippen MR) is 59.0 cm³/mol. The van der Waals surface area contributed by atoms with Crippen LogP contribution in [0.4, 0.5) is 0 Å². The van der Waals surface area contributed by atoms with Crippen molar-refractivity contribution in [2.75, 3.05) is 0 Å². The van der Waals surface area contributed by atoms with Gasteiger partial charge in [0, 0.05) is 16.8 Å². The molecule has 0 saturated heterocycles. The van der Waals surface area contributed by atoms with Gasteiger partial charge in [-0.05, 0) is 37.6 Å². The molecule has 2 aromatic rings. The molecule has 0 bridgehead atoms. The Balaban J connectivity index is 2.67. The molecule has 0 aliphatic heterocycles. The Morgan fingerprint density at radius 3 is 2.71 bits per heavy atom. The molecule has 0 amide bonds. The summed E-state index contributed by atoms with van der Waals surface area (Å²) in [6.07, 6.45) is 0. The number of hydrogen-bond donors (Lipinski definition) is 1. The van der Waals surface area contributed by atoms with Gasteiger partial charge in [0.05, 0.1) is 5.52 Å². The lowest BCUT2D eigenvalue weighted by Crippen LogP contribution is -1.92. The molecule has 0 fully saturated rings. The van der Waals surface area contributed by atoms with Crippen molar-refractivity contribution in [3.8, 4) is 0 Å². The van der Waals surface area contributed by atoms with Crippen molar-refractivity contribution >= 4 is 16.6 Å². The van der Waals surface area contributed by atoms with Crippen LogP contribution >= 0.6 is 0 Å². The van der Waals surface area contributed by atoms with Gasteiger partial charge in [0.15, 0.2) is 0 Å². The smallest absolute Gasteiger partial charge is 0.0705 e. The molecule has 1 heterocycles. The summed E-state index contributed by atoms with van der Waals surface area (Å²) >= 11 is 0. The summed E-state index contributed by atoms with van der Waals surface area (Å²) in [5.74, 6) is 0. The van der Waals surface area contributed by atoms with E-state index in [1.54, 1.807) is 6.92 Å². The first kappa shape index (κ1) is 8.88. The fraction of sp³-hybridized carbons (Fsp3) is 0.167. The zero-order valence-corrected chi connectivity index (χ0v) is 8.33. The van der Waals surface area contributed by atoms with Crippen molar-refractivity contribution in [1.29, 1.82) is 5.41 Å². The van der Waals surface area contributed by atoms with E-state index in [1.807, 2.05) is 37.3 Å². The molecular weight excluding hydrogens is 172 g/mol. The van der Waals surface area contributed by atoms with Gasteiger partial charge >= 0.3 is 0 Å². The summed E-state index contributed by atoms with van der Waals surface area (Å²) in [4.78, 5) is 4.41. The Hall–Kier alpha value is -1.70. The number of fused-ring (bicyclic) bond motifs is 1. The third kappa shape index (κ3) is 1.51. The number of rotatable bonds is 1. The molecule has 14 heavy (non-hydrogen) atoms. The van der Waals surface area contributed by atoms with Gasteiger partial charge in [-0.3, -0.25) is 4.98 Å². The second-order valence-corrected chi connectivity index (χ2v) is 3.49. The average Bonchev–Trinajstić information content (AvgIpc) is 2.16. The van der Waals surface area contributed by atoms with Crippen LogP contribution in [0.2, 0.25) is 0 Å².